The van der Waals surface area contributed by atoms with Gasteiger partial charge in [-0.1, -0.05) is 20.8 Å². The van der Waals surface area contributed by atoms with E-state index in [1.807, 2.05) is 26.8 Å². The minimum Gasteiger partial charge on any atom is -0.491 e. The Morgan fingerprint density at radius 2 is 2.29 bits per heavy atom. The number of ether oxygens (including phenoxy) is 1. The van der Waals surface area contributed by atoms with Gasteiger partial charge in [0.25, 0.3) is 0 Å². The number of hydrogen-bond acceptors (Lipinski definition) is 3. The number of nitrogens with one attached hydrogen (secondary N) is 1. The monoisotopic (exact) mass is 234 g/mol. The van der Waals surface area contributed by atoms with Crippen LogP contribution in [-0.4, -0.2) is 17.5 Å². The van der Waals surface area contributed by atoms with Crippen LogP contribution in [0.5, 0.6) is 5.75 Å². The van der Waals surface area contributed by atoms with Gasteiger partial charge in [0, 0.05) is 11.8 Å². The molecule has 92 valence electrons. The van der Waals surface area contributed by atoms with E-state index in [0.29, 0.717) is 12.4 Å². The summed E-state index contributed by atoms with van der Waals surface area (Å²) in [6, 6.07) is 3.65. The van der Waals surface area contributed by atoms with Crippen molar-refractivity contribution in [1.82, 2.24) is 4.98 Å². The van der Waals surface area contributed by atoms with E-state index in [0.717, 1.165) is 24.3 Å². The van der Waals surface area contributed by atoms with E-state index in [-0.39, 0.29) is 11.3 Å². The normalized spacial score (nSPS) is 14.1. The van der Waals surface area contributed by atoms with E-state index in [2.05, 4.69) is 10.3 Å². The third kappa shape index (κ3) is 2.40. The first-order valence-electron chi connectivity index (χ1n) is 5.97. The maximum atomic E-state index is 12.0. The van der Waals surface area contributed by atoms with Crippen LogP contribution in [0.15, 0.2) is 12.1 Å². The average Bonchev–Trinajstić information content (AvgIpc) is 2.76. The van der Waals surface area contributed by atoms with E-state index in [4.69, 9.17) is 4.74 Å². The highest BCUT2D eigenvalue weighted by Crippen LogP contribution is 2.26. The number of amides is 1. The molecule has 0 saturated carbocycles. The van der Waals surface area contributed by atoms with Gasteiger partial charge in [0.15, 0.2) is 0 Å². The van der Waals surface area contributed by atoms with Gasteiger partial charge in [-0.25, -0.2) is 4.98 Å². The molecule has 2 rings (SSSR count). The predicted molar refractivity (Wildman–Crippen MR) is 66.1 cm³/mol. The molecule has 17 heavy (non-hydrogen) atoms. The summed E-state index contributed by atoms with van der Waals surface area (Å²) < 4.78 is 5.37. The fourth-order valence-corrected chi connectivity index (χ4v) is 1.57. The van der Waals surface area contributed by atoms with Crippen LogP contribution in [0.3, 0.4) is 0 Å². The molecule has 4 nitrogen and oxygen atoms in total. The van der Waals surface area contributed by atoms with E-state index < -0.39 is 0 Å². The molecule has 0 bridgehead atoms. The highest BCUT2D eigenvalue weighted by atomic mass is 16.5. The fraction of sp³-hybridized carbons (Fsp3) is 0.538. The molecule has 4 heteroatoms. The largest absolute Gasteiger partial charge is 0.491 e. The highest BCUT2D eigenvalue weighted by Gasteiger charge is 2.26. The summed E-state index contributed by atoms with van der Waals surface area (Å²) >= 11 is 0. The van der Waals surface area contributed by atoms with Gasteiger partial charge < -0.3 is 10.1 Å². The number of hydrogen-bond donors (Lipinski definition) is 1. The summed E-state index contributed by atoms with van der Waals surface area (Å²) in [7, 11) is 0. The Bertz CT molecular complexity index is 441. The first kappa shape index (κ1) is 11.9. The standard InChI is InChI=1S/C13H18N2O2/c1-4-13(2,3)12(16)15-11-6-5-10-9(14-11)7-8-17-10/h5-6H,4,7-8H2,1-3H3,(H,14,15,16). The van der Waals surface area contributed by atoms with Gasteiger partial charge in [-0.05, 0) is 18.6 Å². The number of rotatable bonds is 3. The lowest BCUT2D eigenvalue weighted by Gasteiger charge is -2.21. The number of carbonyl (C=O) groups excluding carboxylic acids is 1. The van der Waals surface area contributed by atoms with Gasteiger partial charge in [-0.15, -0.1) is 0 Å². The van der Waals surface area contributed by atoms with Crippen molar-refractivity contribution >= 4 is 11.7 Å². The smallest absolute Gasteiger partial charge is 0.231 e. The topological polar surface area (TPSA) is 51.2 Å². The van der Waals surface area contributed by atoms with Gasteiger partial charge in [-0.3, -0.25) is 4.79 Å². The highest BCUT2D eigenvalue weighted by molar-refractivity contribution is 5.94. The van der Waals surface area contributed by atoms with Gasteiger partial charge in [-0.2, -0.15) is 0 Å². The summed E-state index contributed by atoms with van der Waals surface area (Å²) in [5.74, 6) is 1.45. The summed E-state index contributed by atoms with van der Waals surface area (Å²) in [6.45, 7) is 6.54. The number of fused-ring (bicyclic) bond motifs is 1. The van der Waals surface area contributed by atoms with Crippen molar-refractivity contribution in [3.8, 4) is 5.75 Å². The average molecular weight is 234 g/mol. The minimum atomic E-state index is -0.364. The molecule has 1 aromatic rings. The zero-order chi connectivity index (χ0) is 12.5. The molecule has 1 amide bonds. The first-order valence-corrected chi connectivity index (χ1v) is 5.97. The Kier molecular flexibility index (Phi) is 3.05. The van der Waals surface area contributed by atoms with Crippen LogP contribution >= 0.6 is 0 Å². The van der Waals surface area contributed by atoms with Crippen molar-refractivity contribution in [2.75, 3.05) is 11.9 Å². The second-order valence-electron chi connectivity index (χ2n) is 4.93. The first-order chi connectivity index (χ1) is 8.03. The second-order valence-corrected chi connectivity index (χ2v) is 4.93. The molecule has 0 unspecified atom stereocenters. The van der Waals surface area contributed by atoms with Crippen LogP contribution in [0.4, 0.5) is 5.82 Å². The van der Waals surface area contributed by atoms with Crippen molar-refractivity contribution < 1.29 is 9.53 Å². The lowest BCUT2D eigenvalue weighted by atomic mass is 9.89. The van der Waals surface area contributed by atoms with E-state index in [9.17, 15) is 4.79 Å². The molecule has 0 aliphatic carbocycles. The van der Waals surface area contributed by atoms with Crippen LogP contribution in [-0.2, 0) is 11.2 Å². The molecule has 0 radical (unpaired) electrons. The van der Waals surface area contributed by atoms with Crippen molar-refractivity contribution in [3.05, 3.63) is 17.8 Å². The number of nitrogens with zero attached hydrogens (tertiary/aromatic N) is 1. The molecule has 1 N–H and O–H groups in total. The third-order valence-electron chi connectivity index (χ3n) is 3.27. The van der Waals surface area contributed by atoms with Crippen molar-refractivity contribution in [1.29, 1.82) is 0 Å². The molecule has 1 aliphatic rings. The zero-order valence-electron chi connectivity index (χ0n) is 10.5. The maximum absolute atomic E-state index is 12.0. The molecule has 0 aromatic carbocycles. The minimum absolute atomic E-state index is 0.00589. The summed E-state index contributed by atoms with van der Waals surface area (Å²) in [5.41, 5.74) is 0.564. The summed E-state index contributed by atoms with van der Waals surface area (Å²) in [5, 5.41) is 2.86. The number of carbonyl (C=O) groups is 1. The molecule has 1 aromatic heterocycles. The number of aromatic nitrogens is 1. The SMILES string of the molecule is CCC(C)(C)C(=O)Nc1ccc2c(n1)CCO2. The third-order valence-corrected chi connectivity index (χ3v) is 3.27. The maximum Gasteiger partial charge on any atom is 0.231 e. The van der Waals surface area contributed by atoms with E-state index in [1.54, 1.807) is 6.07 Å². The van der Waals surface area contributed by atoms with Crippen molar-refractivity contribution in [2.45, 2.75) is 33.6 Å². The Hall–Kier alpha value is -1.58. The molecule has 1 aliphatic heterocycles. The Morgan fingerprint density at radius 1 is 1.53 bits per heavy atom. The van der Waals surface area contributed by atoms with Crippen LogP contribution in [0.2, 0.25) is 0 Å². The predicted octanol–water partition coefficient (Wildman–Crippen LogP) is 2.39. The molecular formula is C13H18N2O2. The zero-order valence-corrected chi connectivity index (χ0v) is 10.5. The molecule has 0 atom stereocenters. The molecular weight excluding hydrogens is 216 g/mol. The quantitative estimate of drug-likeness (QED) is 0.873. The lowest BCUT2D eigenvalue weighted by molar-refractivity contribution is -0.124. The fourth-order valence-electron chi connectivity index (χ4n) is 1.57. The van der Waals surface area contributed by atoms with Crippen molar-refractivity contribution in [2.24, 2.45) is 5.41 Å². The van der Waals surface area contributed by atoms with Gasteiger partial charge in [0.05, 0.1) is 12.3 Å². The van der Waals surface area contributed by atoms with Crippen LogP contribution in [0, 0.1) is 5.41 Å². The van der Waals surface area contributed by atoms with Gasteiger partial charge in [0.1, 0.15) is 11.6 Å². The van der Waals surface area contributed by atoms with Crippen LogP contribution < -0.4 is 10.1 Å². The Labute approximate surface area is 101 Å². The molecule has 0 spiro atoms. The number of pyridine rings is 1. The van der Waals surface area contributed by atoms with Gasteiger partial charge in [0.2, 0.25) is 5.91 Å². The molecule has 0 saturated heterocycles. The summed E-state index contributed by atoms with van der Waals surface area (Å²) in [6.07, 6.45) is 1.61. The Morgan fingerprint density at radius 3 is 3.00 bits per heavy atom. The number of anilines is 1. The summed E-state index contributed by atoms with van der Waals surface area (Å²) in [4.78, 5) is 16.4. The van der Waals surface area contributed by atoms with Gasteiger partial charge >= 0.3 is 0 Å². The van der Waals surface area contributed by atoms with E-state index in [1.165, 1.54) is 0 Å². The van der Waals surface area contributed by atoms with Crippen LogP contribution in [0.25, 0.3) is 0 Å². The van der Waals surface area contributed by atoms with Crippen molar-refractivity contribution in [3.63, 3.8) is 0 Å². The van der Waals surface area contributed by atoms with Crippen LogP contribution in [0.1, 0.15) is 32.9 Å². The Balaban J connectivity index is 2.12. The second kappa shape index (κ2) is 4.35. The molecule has 0 fully saturated rings. The van der Waals surface area contributed by atoms with E-state index >= 15 is 0 Å². The lowest BCUT2D eigenvalue weighted by Crippen LogP contribution is -2.30. The molecule has 2 heterocycles.